The minimum atomic E-state index is 0.572. The smallest absolute Gasteiger partial charge is 0.229 e. The Morgan fingerprint density at radius 1 is 1.07 bits per heavy atom. The second kappa shape index (κ2) is 9.76. The van der Waals surface area contributed by atoms with Crippen LogP contribution in [0.2, 0.25) is 0 Å². The Hall–Kier alpha value is -2.86. The van der Waals surface area contributed by atoms with Crippen LogP contribution in [0.4, 0.5) is 17.5 Å². The fourth-order valence-electron chi connectivity index (χ4n) is 3.99. The van der Waals surface area contributed by atoms with E-state index in [1.54, 1.807) is 0 Å². The molecule has 6 heteroatoms. The van der Waals surface area contributed by atoms with Crippen molar-refractivity contribution in [2.45, 2.75) is 32.6 Å². The number of hydrogen-bond donors (Lipinski definition) is 2. The van der Waals surface area contributed by atoms with Gasteiger partial charge in [-0.05, 0) is 62.5 Å². The third-order valence-corrected chi connectivity index (χ3v) is 5.62. The van der Waals surface area contributed by atoms with Gasteiger partial charge in [-0.1, -0.05) is 25.1 Å². The van der Waals surface area contributed by atoms with E-state index in [-0.39, 0.29) is 0 Å². The molecule has 2 aromatic carbocycles. The van der Waals surface area contributed by atoms with Crippen molar-refractivity contribution in [1.29, 1.82) is 0 Å². The summed E-state index contributed by atoms with van der Waals surface area (Å²) in [7, 11) is 1.88. The third-order valence-electron chi connectivity index (χ3n) is 5.62. The molecular weight excluding hydrogens is 374 g/mol. The molecule has 1 aliphatic heterocycles. The van der Waals surface area contributed by atoms with E-state index in [0.717, 1.165) is 54.2 Å². The van der Waals surface area contributed by atoms with E-state index < -0.39 is 0 Å². The predicted molar refractivity (Wildman–Crippen MR) is 124 cm³/mol. The van der Waals surface area contributed by atoms with Crippen molar-refractivity contribution < 1.29 is 4.74 Å². The molecule has 1 saturated heterocycles. The number of hydrogen-bond acceptors (Lipinski definition) is 6. The quantitative estimate of drug-likeness (QED) is 0.497. The lowest BCUT2D eigenvalue weighted by Gasteiger charge is -2.16. The van der Waals surface area contributed by atoms with Crippen LogP contribution in [0.3, 0.4) is 0 Å². The molecule has 0 atom stereocenters. The Bertz CT molecular complexity index is 984. The molecule has 0 radical (unpaired) electrons. The average Bonchev–Trinajstić information content (AvgIpc) is 3.30. The molecule has 158 valence electrons. The summed E-state index contributed by atoms with van der Waals surface area (Å²) in [6, 6.07) is 14.3. The number of nitrogens with one attached hydrogen (secondary N) is 2. The maximum atomic E-state index is 6.16. The van der Waals surface area contributed by atoms with Gasteiger partial charge in [0, 0.05) is 30.7 Å². The van der Waals surface area contributed by atoms with Crippen molar-refractivity contribution in [2.24, 2.45) is 0 Å². The van der Waals surface area contributed by atoms with Crippen LogP contribution in [0.5, 0.6) is 5.75 Å². The third kappa shape index (κ3) is 4.82. The summed E-state index contributed by atoms with van der Waals surface area (Å²) in [5.41, 5.74) is 3.05. The Balaban J connectivity index is 1.46. The van der Waals surface area contributed by atoms with Gasteiger partial charge < -0.3 is 20.3 Å². The first kappa shape index (κ1) is 20.4. The van der Waals surface area contributed by atoms with Crippen LogP contribution >= 0.6 is 0 Å². The molecule has 1 aromatic heterocycles. The van der Waals surface area contributed by atoms with Gasteiger partial charge in [0.25, 0.3) is 0 Å². The maximum Gasteiger partial charge on any atom is 0.229 e. The highest BCUT2D eigenvalue weighted by atomic mass is 16.5. The van der Waals surface area contributed by atoms with E-state index in [1.807, 2.05) is 31.3 Å². The van der Waals surface area contributed by atoms with E-state index in [9.17, 15) is 0 Å². The molecule has 3 aromatic rings. The van der Waals surface area contributed by atoms with Gasteiger partial charge in [-0.3, -0.25) is 0 Å². The number of ether oxygens (including phenoxy) is 1. The highest BCUT2D eigenvalue weighted by Crippen LogP contribution is 2.27. The van der Waals surface area contributed by atoms with Crippen LogP contribution < -0.4 is 15.4 Å². The van der Waals surface area contributed by atoms with Crippen molar-refractivity contribution in [3.63, 3.8) is 0 Å². The summed E-state index contributed by atoms with van der Waals surface area (Å²) in [6.45, 7) is 6.49. The molecule has 1 aliphatic rings. The minimum absolute atomic E-state index is 0.572. The summed E-state index contributed by atoms with van der Waals surface area (Å²) in [6.07, 6.45) is 4.67. The zero-order chi connectivity index (χ0) is 20.8. The van der Waals surface area contributed by atoms with Gasteiger partial charge in [0.1, 0.15) is 11.6 Å². The molecule has 0 amide bonds. The molecular formula is C24H31N5O. The summed E-state index contributed by atoms with van der Waals surface area (Å²) in [5, 5.41) is 7.52. The number of fused-ring (bicyclic) bond motifs is 1. The molecule has 0 unspecified atom stereocenters. The first-order valence-electron chi connectivity index (χ1n) is 11.0. The normalized spacial score (nSPS) is 14.2. The van der Waals surface area contributed by atoms with E-state index in [2.05, 4.69) is 50.6 Å². The zero-order valence-electron chi connectivity index (χ0n) is 17.9. The van der Waals surface area contributed by atoms with Crippen LogP contribution in [-0.2, 0) is 6.42 Å². The number of nitrogens with zero attached hydrogens (tertiary/aromatic N) is 3. The monoisotopic (exact) mass is 405 g/mol. The fourth-order valence-corrected chi connectivity index (χ4v) is 3.99. The van der Waals surface area contributed by atoms with Crippen LogP contribution in [0.25, 0.3) is 10.9 Å². The molecule has 0 spiro atoms. The topological polar surface area (TPSA) is 62.3 Å². The standard InChI is InChI=1S/C24H31N5O/c1-3-18-11-12-19(17-22(18)30-16-8-15-29-13-6-7-14-29)26-24-27-21-10-5-4-9-20(21)23(25-2)28-24/h4-5,9-12,17H,3,6-8,13-16H2,1-2H3,(H2,25,26,27,28). The first-order valence-corrected chi connectivity index (χ1v) is 11.0. The van der Waals surface area contributed by atoms with Gasteiger partial charge >= 0.3 is 0 Å². The predicted octanol–water partition coefficient (Wildman–Crippen LogP) is 4.84. The summed E-state index contributed by atoms with van der Waals surface area (Å²) in [5.74, 6) is 2.33. The van der Waals surface area contributed by atoms with E-state index in [1.165, 1.54) is 31.5 Å². The zero-order valence-corrected chi connectivity index (χ0v) is 17.9. The maximum absolute atomic E-state index is 6.16. The summed E-state index contributed by atoms with van der Waals surface area (Å²) < 4.78 is 6.16. The van der Waals surface area contributed by atoms with Gasteiger partial charge in [-0.25, -0.2) is 4.98 Å². The SMILES string of the molecule is CCc1ccc(Nc2nc(NC)c3ccccc3n2)cc1OCCCN1CCCC1. The molecule has 0 bridgehead atoms. The van der Waals surface area contributed by atoms with Crippen molar-refractivity contribution >= 4 is 28.4 Å². The molecule has 30 heavy (non-hydrogen) atoms. The highest BCUT2D eigenvalue weighted by Gasteiger charge is 2.12. The molecule has 1 fully saturated rings. The van der Waals surface area contributed by atoms with Gasteiger partial charge in [0.05, 0.1) is 12.1 Å². The number of likely N-dealkylation sites (tertiary alicyclic amines) is 1. The Morgan fingerprint density at radius 2 is 1.90 bits per heavy atom. The lowest BCUT2D eigenvalue weighted by molar-refractivity contribution is 0.262. The molecule has 4 rings (SSSR count). The first-order chi connectivity index (χ1) is 14.8. The number of anilines is 3. The second-order valence-corrected chi connectivity index (χ2v) is 7.71. The number of rotatable bonds is 9. The number of benzene rings is 2. The number of aromatic nitrogens is 2. The van der Waals surface area contributed by atoms with E-state index in [4.69, 9.17) is 4.74 Å². The molecule has 2 N–H and O–H groups in total. The Labute approximate surface area is 178 Å². The van der Waals surface area contributed by atoms with Gasteiger partial charge in [-0.2, -0.15) is 4.98 Å². The minimum Gasteiger partial charge on any atom is -0.493 e. The largest absolute Gasteiger partial charge is 0.493 e. The second-order valence-electron chi connectivity index (χ2n) is 7.71. The molecule has 2 heterocycles. The molecule has 0 aliphatic carbocycles. The van der Waals surface area contributed by atoms with Crippen LogP contribution in [0, 0.1) is 0 Å². The van der Waals surface area contributed by atoms with Gasteiger partial charge in [0.2, 0.25) is 5.95 Å². The average molecular weight is 406 g/mol. The lowest BCUT2D eigenvalue weighted by atomic mass is 10.1. The van der Waals surface area contributed by atoms with Gasteiger partial charge in [-0.15, -0.1) is 0 Å². The fraction of sp³-hybridized carbons (Fsp3) is 0.417. The van der Waals surface area contributed by atoms with Crippen LogP contribution in [-0.4, -0.2) is 48.2 Å². The van der Waals surface area contributed by atoms with E-state index >= 15 is 0 Å². The lowest BCUT2D eigenvalue weighted by Crippen LogP contribution is -2.22. The van der Waals surface area contributed by atoms with Crippen molar-refractivity contribution in [3.8, 4) is 5.75 Å². The van der Waals surface area contributed by atoms with E-state index in [0.29, 0.717) is 5.95 Å². The van der Waals surface area contributed by atoms with Crippen LogP contribution in [0.1, 0.15) is 31.7 Å². The molecule has 6 nitrogen and oxygen atoms in total. The van der Waals surface area contributed by atoms with Crippen molar-refractivity contribution in [2.75, 3.05) is 43.9 Å². The molecule has 0 saturated carbocycles. The highest BCUT2D eigenvalue weighted by molar-refractivity contribution is 5.90. The Morgan fingerprint density at radius 3 is 2.70 bits per heavy atom. The van der Waals surface area contributed by atoms with Crippen molar-refractivity contribution in [1.82, 2.24) is 14.9 Å². The Kier molecular flexibility index (Phi) is 6.64. The van der Waals surface area contributed by atoms with Gasteiger partial charge in [0.15, 0.2) is 0 Å². The number of aryl methyl sites for hydroxylation is 1. The summed E-state index contributed by atoms with van der Waals surface area (Å²) in [4.78, 5) is 11.8. The van der Waals surface area contributed by atoms with Crippen molar-refractivity contribution in [3.05, 3.63) is 48.0 Å². The number of para-hydroxylation sites is 1. The van der Waals surface area contributed by atoms with Crippen LogP contribution in [0.15, 0.2) is 42.5 Å². The summed E-state index contributed by atoms with van der Waals surface area (Å²) >= 11 is 0.